The third kappa shape index (κ3) is 1.20. The molecule has 0 radical (unpaired) electrons. The fourth-order valence-electron chi connectivity index (χ4n) is 2.51. The SMILES string of the molecule is N#CC1CC2CC1CN2C(=O)CO. The number of carbonyl (C=O) groups is 1. The van der Waals surface area contributed by atoms with Crippen molar-refractivity contribution in [2.24, 2.45) is 11.8 Å². The molecule has 3 unspecified atom stereocenters. The van der Waals surface area contributed by atoms with Crippen molar-refractivity contribution in [1.29, 1.82) is 5.26 Å². The van der Waals surface area contributed by atoms with Crippen LogP contribution in [0.3, 0.4) is 0 Å². The third-order valence-electron chi connectivity index (χ3n) is 3.16. The molecule has 70 valence electrons. The predicted molar refractivity (Wildman–Crippen MR) is 44.4 cm³/mol. The van der Waals surface area contributed by atoms with Gasteiger partial charge in [0.05, 0.1) is 12.0 Å². The van der Waals surface area contributed by atoms with Crippen LogP contribution in [-0.2, 0) is 4.79 Å². The summed E-state index contributed by atoms with van der Waals surface area (Å²) >= 11 is 0. The number of piperidine rings is 1. The lowest BCUT2D eigenvalue weighted by atomic mass is 9.96. The molecule has 3 atom stereocenters. The monoisotopic (exact) mass is 180 g/mol. The van der Waals surface area contributed by atoms with Crippen LogP contribution < -0.4 is 0 Å². The van der Waals surface area contributed by atoms with Crippen molar-refractivity contribution in [1.82, 2.24) is 4.90 Å². The van der Waals surface area contributed by atoms with Crippen molar-refractivity contribution in [3.63, 3.8) is 0 Å². The molecule has 1 saturated heterocycles. The molecule has 0 aromatic heterocycles. The van der Waals surface area contributed by atoms with Crippen LogP contribution in [0.15, 0.2) is 0 Å². The molecule has 1 aliphatic carbocycles. The van der Waals surface area contributed by atoms with Gasteiger partial charge in [-0.3, -0.25) is 4.79 Å². The summed E-state index contributed by atoms with van der Waals surface area (Å²) in [6.45, 7) is 0.267. The fourth-order valence-corrected chi connectivity index (χ4v) is 2.51. The number of aliphatic hydroxyl groups excluding tert-OH is 1. The second kappa shape index (κ2) is 3.00. The molecule has 0 aromatic rings. The van der Waals surface area contributed by atoms with E-state index in [0.717, 1.165) is 12.8 Å². The minimum atomic E-state index is -0.402. The van der Waals surface area contributed by atoms with E-state index in [4.69, 9.17) is 10.4 Å². The largest absolute Gasteiger partial charge is 0.387 e. The van der Waals surface area contributed by atoms with E-state index < -0.39 is 6.61 Å². The van der Waals surface area contributed by atoms with E-state index in [0.29, 0.717) is 12.5 Å². The van der Waals surface area contributed by atoms with Gasteiger partial charge in [0.15, 0.2) is 0 Å². The molecular weight excluding hydrogens is 168 g/mol. The van der Waals surface area contributed by atoms with Crippen molar-refractivity contribution in [2.45, 2.75) is 18.9 Å². The van der Waals surface area contributed by atoms with Crippen molar-refractivity contribution < 1.29 is 9.90 Å². The van der Waals surface area contributed by atoms with Crippen molar-refractivity contribution in [3.05, 3.63) is 0 Å². The highest BCUT2D eigenvalue weighted by molar-refractivity contribution is 5.78. The average Bonchev–Trinajstić information content (AvgIpc) is 2.74. The quantitative estimate of drug-likeness (QED) is 0.604. The Morgan fingerprint density at radius 3 is 2.85 bits per heavy atom. The maximum atomic E-state index is 11.2. The Bertz CT molecular complexity index is 271. The summed E-state index contributed by atoms with van der Waals surface area (Å²) < 4.78 is 0. The number of hydrogen-bond donors (Lipinski definition) is 1. The fraction of sp³-hybridized carbons (Fsp3) is 0.778. The smallest absolute Gasteiger partial charge is 0.248 e. The maximum Gasteiger partial charge on any atom is 0.248 e. The first-order valence-corrected chi connectivity index (χ1v) is 4.56. The normalized spacial score (nSPS) is 36.3. The molecule has 2 bridgehead atoms. The summed E-state index contributed by atoms with van der Waals surface area (Å²) in [6.07, 6.45) is 1.75. The molecule has 1 saturated carbocycles. The lowest BCUT2D eigenvalue weighted by molar-refractivity contribution is -0.136. The number of amides is 1. The lowest BCUT2D eigenvalue weighted by Gasteiger charge is -2.28. The molecule has 0 aromatic carbocycles. The van der Waals surface area contributed by atoms with E-state index in [9.17, 15) is 4.79 Å². The Morgan fingerprint density at radius 1 is 1.62 bits per heavy atom. The third-order valence-corrected chi connectivity index (χ3v) is 3.16. The summed E-state index contributed by atoms with van der Waals surface area (Å²) in [6, 6.07) is 2.49. The van der Waals surface area contributed by atoms with Crippen LogP contribution >= 0.6 is 0 Å². The number of likely N-dealkylation sites (tertiary alicyclic amines) is 1. The lowest BCUT2D eigenvalue weighted by Crippen LogP contribution is -2.41. The number of rotatable bonds is 1. The average molecular weight is 180 g/mol. The zero-order valence-corrected chi connectivity index (χ0v) is 7.31. The molecule has 2 aliphatic rings. The van der Waals surface area contributed by atoms with Gasteiger partial charge in [-0.1, -0.05) is 0 Å². The summed E-state index contributed by atoms with van der Waals surface area (Å²) in [5.74, 6) is 0.294. The zero-order chi connectivity index (χ0) is 9.42. The van der Waals surface area contributed by atoms with Crippen LogP contribution in [0.1, 0.15) is 12.8 Å². The maximum absolute atomic E-state index is 11.2. The van der Waals surface area contributed by atoms with Gasteiger partial charge in [-0.05, 0) is 18.8 Å². The van der Waals surface area contributed by atoms with Crippen LogP contribution in [0.2, 0.25) is 0 Å². The Labute approximate surface area is 76.8 Å². The molecule has 1 N–H and O–H groups in total. The minimum absolute atomic E-state index is 0.132. The van der Waals surface area contributed by atoms with Gasteiger partial charge >= 0.3 is 0 Å². The summed E-state index contributed by atoms with van der Waals surface area (Å²) in [7, 11) is 0. The van der Waals surface area contributed by atoms with Gasteiger partial charge < -0.3 is 10.0 Å². The Morgan fingerprint density at radius 2 is 2.38 bits per heavy atom. The van der Waals surface area contributed by atoms with Crippen LogP contribution in [0, 0.1) is 23.2 Å². The highest BCUT2D eigenvalue weighted by atomic mass is 16.3. The van der Waals surface area contributed by atoms with Crippen molar-refractivity contribution in [2.75, 3.05) is 13.2 Å². The van der Waals surface area contributed by atoms with E-state index in [1.165, 1.54) is 0 Å². The van der Waals surface area contributed by atoms with Gasteiger partial charge in [0.2, 0.25) is 5.91 Å². The van der Waals surface area contributed by atoms with E-state index >= 15 is 0 Å². The molecule has 4 heteroatoms. The van der Waals surface area contributed by atoms with Gasteiger partial charge in [0, 0.05) is 12.6 Å². The second-order valence-electron chi connectivity index (χ2n) is 3.83. The second-order valence-corrected chi connectivity index (χ2v) is 3.83. The van der Waals surface area contributed by atoms with E-state index in [2.05, 4.69) is 6.07 Å². The first-order chi connectivity index (χ1) is 6.26. The highest BCUT2D eigenvalue weighted by Crippen LogP contribution is 2.41. The summed E-state index contributed by atoms with van der Waals surface area (Å²) in [4.78, 5) is 12.9. The van der Waals surface area contributed by atoms with Crippen LogP contribution in [-0.4, -0.2) is 35.1 Å². The molecule has 1 aliphatic heterocycles. The van der Waals surface area contributed by atoms with Gasteiger partial charge in [-0.15, -0.1) is 0 Å². The highest BCUT2D eigenvalue weighted by Gasteiger charge is 2.46. The van der Waals surface area contributed by atoms with Gasteiger partial charge in [0.1, 0.15) is 6.61 Å². The van der Waals surface area contributed by atoms with Gasteiger partial charge in [0.25, 0.3) is 0 Å². The summed E-state index contributed by atoms with van der Waals surface area (Å²) in [5, 5.41) is 17.5. The topological polar surface area (TPSA) is 64.3 Å². The van der Waals surface area contributed by atoms with E-state index in [1.807, 2.05) is 0 Å². The molecule has 0 spiro atoms. The Balaban J connectivity index is 2.04. The first kappa shape index (κ1) is 8.52. The standard InChI is InChI=1S/C9H12N2O2/c10-3-6-1-8-2-7(6)4-11(8)9(13)5-12/h6-8,12H,1-2,4-5H2. The molecular formula is C9H12N2O2. The van der Waals surface area contributed by atoms with Crippen molar-refractivity contribution >= 4 is 5.91 Å². The molecule has 2 rings (SSSR count). The first-order valence-electron chi connectivity index (χ1n) is 4.56. The number of nitriles is 1. The Hall–Kier alpha value is -1.08. The molecule has 1 heterocycles. The van der Waals surface area contributed by atoms with Gasteiger partial charge in [-0.2, -0.15) is 5.26 Å². The van der Waals surface area contributed by atoms with Crippen molar-refractivity contribution in [3.8, 4) is 6.07 Å². The number of aliphatic hydroxyl groups is 1. The zero-order valence-electron chi connectivity index (χ0n) is 7.31. The van der Waals surface area contributed by atoms with E-state index in [1.54, 1.807) is 4.90 Å². The predicted octanol–water partition coefficient (Wildman–Crippen LogP) is -0.261. The molecule has 13 heavy (non-hydrogen) atoms. The minimum Gasteiger partial charge on any atom is -0.387 e. The molecule has 4 nitrogen and oxygen atoms in total. The summed E-state index contributed by atoms with van der Waals surface area (Å²) in [5.41, 5.74) is 0. The van der Waals surface area contributed by atoms with Crippen LogP contribution in [0.4, 0.5) is 0 Å². The molecule has 2 fully saturated rings. The number of nitrogens with zero attached hydrogens (tertiary/aromatic N) is 2. The Kier molecular flexibility index (Phi) is 1.97. The number of carbonyl (C=O) groups excluding carboxylic acids is 1. The number of fused-ring (bicyclic) bond motifs is 2. The molecule has 1 amide bonds. The van der Waals surface area contributed by atoms with Crippen LogP contribution in [0.5, 0.6) is 0 Å². The van der Waals surface area contributed by atoms with Crippen LogP contribution in [0.25, 0.3) is 0 Å². The number of hydrogen-bond acceptors (Lipinski definition) is 3. The van der Waals surface area contributed by atoms with Gasteiger partial charge in [-0.25, -0.2) is 0 Å². The van der Waals surface area contributed by atoms with E-state index in [-0.39, 0.29) is 17.9 Å².